The maximum absolute atomic E-state index is 9.06. The summed E-state index contributed by atoms with van der Waals surface area (Å²) in [5, 5.41) is 17.6. The van der Waals surface area contributed by atoms with E-state index in [1.807, 2.05) is 10.9 Å². The van der Waals surface area contributed by atoms with Gasteiger partial charge in [-0.25, -0.2) is 4.68 Å². The minimum Gasteiger partial charge on any atom is -0.396 e. The largest absolute Gasteiger partial charge is 0.396 e. The van der Waals surface area contributed by atoms with Gasteiger partial charge in [0, 0.05) is 6.61 Å². The zero-order valence-electron chi connectivity index (χ0n) is 15.0. The summed E-state index contributed by atoms with van der Waals surface area (Å²) in [5.41, 5.74) is 0.825. The topological polar surface area (TPSA) is 50.9 Å². The van der Waals surface area contributed by atoms with Crippen LogP contribution in [0.25, 0.3) is 0 Å². The van der Waals surface area contributed by atoms with Crippen LogP contribution in [-0.2, 0) is 10.3 Å². The van der Waals surface area contributed by atoms with E-state index in [2.05, 4.69) is 65.0 Å². The quantitative estimate of drug-likeness (QED) is 0.860. The fourth-order valence-electron chi connectivity index (χ4n) is 1.62. The van der Waals surface area contributed by atoms with Gasteiger partial charge < -0.3 is 5.11 Å². The van der Waals surface area contributed by atoms with Gasteiger partial charge in [-0.05, 0) is 45.8 Å². The van der Waals surface area contributed by atoms with Gasteiger partial charge in [0.05, 0.1) is 22.2 Å². The summed E-state index contributed by atoms with van der Waals surface area (Å²) >= 11 is 1.80. The predicted octanol–water partition coefficient (Wildman–Crippen LogP) is 4.05. The third-order valence-corrected chi connectivity index (χ3v) is 4.90. The number of hydrogen-bond acceptors (Lipinski definition) is 4. The Morgan fingerprint density at radius 3 is 2.19 bits per heavy atom. The number of aromatic nitrogens is 3. The highest BCUT2D eigenvalue weighted by molar-refractivity contribution is 7.99. The number of aliphatic hydroxyl groups is 1. The van der Waals surface area contributed by atoms with E-state index < -0.39 is 0 Å². The second-order valence-corrected chi connectivity index (χ2v) is 8.16. The average molecular weight is 316 g/mol. The van der Waals surface area contributed by atoms with Crippen LogP contribution in [-0.4, -0.2) is 33.0 Å². The van der Waals surface area contributed by atoms with E-state index in [-0.39, 0.29) is 16.9 Å². The first kappa shape index (κ1) is 20.5. The number of thioether (sulfide) groups is 1. The fraction of sp³-hybridized carbons (Fsp3) is 0.875. The van der Waals surface area contributed by atoms with Crippen LogP contribution in [0.4, 0.5) is 0 Å². The van der Waals surface area contributed by atoms with Crippen molar-refractivity contribution >= 4 is 11.8 Å². The van der Waals surface area contributed by atoms with Crippen molar-refractivity contribution < 1.29 is 5.11 Å². The molecule has 1 aromatic heterocycles. The molecular formula is C16H33N3OS. The molecule has 1 heterocycles. The lowest BCUT2D eigenvalue weighted by Gasteiger charge is -2.25. The molecule has 0 fully saturated rings. The summed E-state index contributed by atoms with van der Waals surface area (Å²) < 4.78 is 1.89. The second kappa shape index (κ2) is 8.79. The molecule has 1 unspecified atom stereocenters. The highest BCUT2D eigenvalue weighted by atomic mass is 32.2. The first-order chi connectivity index (χ1) is 9.62. The Morgan fingerprint density at radius 2 is 1.81 bits per heavy atom. The molecule has 0 saturated carbocycles. The van der Waals surface area contributed by atoms with E-state index >= 15 is 0 Å². The van der Waals surface area contributed by atoms with Crippen LogP contribution in [0.5, 0.6) is 0 Å². The molecule has 0 saturated heterocycles. The molecule has 124 valence electrons. The van der Waals surface area contributed by atoms with Crippen molar-refractivity contribution in [1.82, 2.24) is 15.0 Å². The smallest absolute Gasteiger partial charge is 0.0984 e. The molecular weight excluding hydrogens is 282 g/mol. The summed E-state index contributed by atoms with van der Waals surface area (Å²) in [6.07, 6.45) is 5.81. The fourth-order valence-corrected chi connectivity index (χ4v) is 2.21. The minimum atomic E-state index is -0.187. The number of hydrogen-bond donors (Lipinski definition) is 1. The van der Waals surface area contributed by atoms with Crippen molar-refractivity contribution in [1.29, 1.82) is 0 Å². The van der Waals surface area contributed by atoms with Gasteiger partial charge in [0.1, 0.15) is 0 Å². The minimum absolute atomic E-state index is 0.0214. The highest BCUT2D eigenvalue weighted by Gasteiger charge is 2.29. The van der Waals surface area contributed by atoms with Crippen LogP contribution in [0, 0.1) is 5.92 Å². The van der Waals surface area contributed by atoms with Gasteiger partial charge in [-0.15, -0.1) is 5.10 Å². The molecule has 4 nitrogen and oxygen atoms in total. The maximum Gasteiger partial charge on any atom is 0.0984 e. The SMILES string of the molecule is CC(C)C.CCC(C)(SC)c1cn(C(C)(C)CCO)nn1. The Hall–Kier alpha value is -0.550. The van der Waals surface area contributed by atoms with Gasteiger partial charge in [0.2, 0.25) is 0 Å². The van der Waals surface area contributed by atoms with Crippen LogP contribution in [0.3, 0.4) is 0 Å². The Bertz CT molecular complexity index is 395. The van der Waals surface area contributed by atoms with Crippen molar-refractivity contribution in [3.63, 3.8) is 0 Å². The highest BCUT2D eigenvalue weighted by Crippen LogP contribution is 2.36. The van der Waals surface area contributed by atoms with Crippen molar-refractivity contribution in [2.45, 2.75) is 71.6 Å². The molecule has 0 bridgehead atoms. The van der Waals surface area contributed by atoms with Crippen LogP contribution < -0.4 is 0 Å². The molecule has 0 spiro atoms. The van der Waals surface area contributed by atoms with Crippen LogP contribution in [0.2, 0.25) is 0 Å². The van der Waals surface area contributed by atoms with Gasteiger partial charge >= 0.3 is 0 Å². The van der Waals surface area contributed by atoms with Crippen molar-refractivity contribution in [3.05, 3.63) is 11.9 Å². The first-order valence-electron chi connectivity index (χ1n) is 7.72. The Morgan fingerprint density at radius 1 is 1.29 bits per heavy atom. The zero-order valence-corrected chi connectivity index (χ0v) is 15.8. The summed E-state index contributed by atoms with van der Waals surface area (Å²) in [7, 11) is 0. The van der Waals surface area contributed by atoms with Crippen molar-refractivity contribution in [2.75, 3.05) is 12.9 Å². The molecule has 1 atom stereocenters. The molecule has 5 heteroatoms. The standard InChI is InChI=1S/C12H23N3OS.C4H10/c1-6-12(4,17-5)10-9-15(14-13-10)11(2,3)7-8-16;1-4(2)3/h9,16H,6-8H2,1-5H3;4H,1-3H3. The first-order valence-corrected chi connectivity index (χ1v) is 8.94. The average Bonchev–Trinajstić information content (AvgIpc) is 2.88. The molecule has 0 amide bonds. The normalized spacial score (nSPS) is 14.6. The lowest BCUT2D eigenvalue weighted by Crippen LogP contribution is -2.28. The zero-order chi connectivity index (χ0) is 16.7. The molecule has 0 aliphatic heterocycles. The maximum atomic E-state index is 9.06. The van der Waals surface area contributed by atoms with E-state index in [9.17, 15) is 0 Å². The van der Waals surface area contributed by atoms with Crippen LogP contribution in [0.1, 0.15) is 67.0 Å². The molecule has 0 aliphatic rings. The van der Waals surface area contributed by atoms with Crippen molar-refractivity contribution in [2.24, 2.45) is 5.92 Å². The number of nitrogens with zero attached hydrogens (tertiary/aromatic N) is 3. The van der Waals surface area contributed by atoms with Gasteiger partial charge in [-0.1, -0.05) is 32.9 Å². The third-order valence-electron chi connectivity index (χ3n) is 3.50. The van der Waals surface area contributed by atoms with E-state index in [1.165, 1.54) is 0 Å². The summed E-state index contributed by atoms with van der Waals surface area (Å²) in [4.78, 5) is 0. The molecule has 1 rings (SSSR count). The molecule has 21 heavy (non-hydrogen) atoms. The van der Waals surface area contributed by atoms with Crippen LogP contribution in [0.15, 0.2) is 6.20 Å². The Kier molecular flexibility index (Phi) is 8.56. The van der Waals surface area contributed by atoms with E-state index in [1.54, 1.807) is 11.8 Å². The van der Waals surface area contributed by atoms with Crippen molar-refractivity contribution in [3.8, 4) is 0 Å². The summed E-state index contributed by atoms with van der Waals surface area (Å²) in [5.74, 6) is 0.833. The summed E-state index contributed by atoms with van der Waals surface area (Å²) in [6, 6.07) is 0. The lowest BCUT2D eigenvalue weighted by molar-refractivity contribution is 0.199. The monoisotopic (exact) mass is 315 g/mol. The lowest BCUT2D eigenvalue weighted by atomic mass is 10.0. The Balaban J connectivity index is 0.000000885. The molecule has 1 N–H and O–H groups in total. The number of aliphatic hydroxyl groups excluding tert-OH is 1. The van der Waals surface area contributed by atoms with E-state index in [0.717, 1.165) is 18.0 Å². The Labute approximate surface area is 134 Å². The van der Waals surface area contributed by atoms with Gasteiger partial charge in [0.15, 0.2) is 0 Å². The molecule has 0 aromatic carbocycles. The second-order valence-electron chi connectivity index (χ2n) is 6.85. The molecule has 1 aromatic rings. The number of rotatable bonds is 6. The molecule has 0 radical (unpaired) electrons. The van der Waals surface area contributed by atoms with E-state index in [4.69, 9.17) is 5.11 Å². The predicted molar refractivity (Wildman–Crippen MR) is 92.7 cm³/mol. The van der Waals surface area contributed by atoms with Gasteiger partial charge in [-0.2, -0.15) is 11.8 Å². The summed E-state index contributed by atoms with van der Waals surface area (Å²) in [6.45, 7) is 15.1. The van der Waals surface area contributed by atoms with Crippen LogP contribution >= 0.6 is 11.8 Å². The van der Waals surface area contributed by atoms with Gasteiger partial charge in [0.25, 0.3) is 0 Å². The molecule has 0 aliphatic carbocycles. The van der Waals surface area contributed by atoms with E-state index in [0.29, 0.717) is 6.42 Å². The van der Waals surface area contributed by atoms with Gasteiger partial charge in [-0.3, -0.25) is 0 Å². The third kappa shape index (κ3) is 6.39.